The second-order valence-corrected chi connectivity index (χ2v) is 7.13. The fourth-order valence-corrected chi connectivity index (χ4v) is 3.25. The van der Waals surface area contributed by atoms with E-state index >= 15 is 0 Å². The van der Waals surface area contributed by atoms with Gasteiger partial charge in [-0.3, -0.25) is 0 Å². The molecule has 0 aromatic heterocycles. The molecule has 0 N–H and O–H groups in total. The van der Waals surface area contributed by atoms with E-state index in [4.69, 9.17) is 0 Å². The molecule has 0 saturated carbocycles. The second-order valence-electron chi connectivity index (χ2n) is 4.97. The van der Waals surface area contributed by atoms with Crippen LogP contribution in [0.25, 0.3) is 0 Å². The Morgan fingerprint density at radius 2 is 1.38 bits per heavy atom. The Bertz CT molecular complexity index is 381. The first-order valence-corrected chi connectivity index (χ1v) is 8.89. The van der Waals surface area contributed by atoms with Crippen LogP contribution in [0, 0.1) is 0 Å². The number of halogens is 4. The maximum Gasteiger partial charge on any atom is 0.464 e. The quantitative estimate of drug-likeness (QED) is 0.415. The Morgan fingerprint density at radius 1 is 0.857 bits per heavy atom. The van der Waals surface area contributed by atoms with Crippen molar-refractivity contribution >= 4 is 9.84 Å². The van der Waals surface area contributed by atoms with E-state index in [1.165, 1.54) is 6.92 Å². The standard InChI is InChI=1S/C13H24F4O3S/c1-3-5-6-7-8-9-11-21(18,19)13(17,12(14,15)16)20-10-4-2/h3-11H2,1-2H3. The molecule has 21 heavy (non-hydrogen) atoms. The van der Waals surface area contributed by atoms with Crippen molar-refractivity contribution in [2.24, 2.45) is 0 Å². The lowest BCUT2D eigenvalue weighted by Crippen LogP contribution is -2.51. The van der Waals surface area contributed by atoms with Gasteiger partial charge in [0.25, 0.3) is 0 Å². The highest BCUT2D eigenvalue weighted by atomic mass is 32.2. The van der Waals surface area contributed by atoms with Crippen molar-refractivity contribution in [2.45, 2.75) is 70.2 Å². The van der Waals surface area contributed by atoms with E-state index < -0.39 is 33.6 Å². The Morgan fingerprint density at radius 3 is 1.86 bits per heavy atom. The van der Waals surface area contributed by atoms with Crippen molar-refractivity contribution in [1.82, 2.24) is 0 Å². The summed E-state index contributed by atoms with van der Waals surface area (Å²) < 4.78 is 79.5. The van der Waals surface area contributed by atoms with Gasteiger partial charge in [0.05, 0.1) is 12.4 Å². The molecule has 0 aliphatic carbocycles. The summed E-state index contributed by atoms with van der Waals surface area (Å²) in [6, 6.07) is 0. The molecule has 0 bridgehead atoms. The van der Waals surface area contributed by atoms with Crippen LogP contribution in [0.1, 0.15) is 58.8 Å². The van der Waals surface area contributed by atoms with Gasteiger partial charge in [0, 0.05) is 0 Å². The zero-order valence-corrected chi connectivity index (χ0v) is 13.3. The summed E-state index contributed by atoms with van der Waals surface area (Å²) in [5, 5.41) is -4.60. The van der Waals surface area contributed by atoms with Crippen molar-refractivity contribution in [2.75, 3.05) is 12.4 Å². The van der Waals surface area contributed by atoms with Gasteiger partial charge in [-0.05, 0) is 12.8 Å². The molecule has 0 rings (SSSR count). The average molecular weight is 336 g/mol. The van der Waals surface area contributed by atoms with Gasteiger partial charge in [0.2, 0.25) is 9.84 Å². The molecule has 1 unspecified atom stereocenters. The number of alkyl halides is 4. The number of hydrogen-bond acceptors (Lipinski definition) is 3. The Balaban J connectivity index is 4.66. The van der Waals surface area contributed by atoms with E-state index in [-0.39, 0.29) is 12.8 Å². The smallest absolute Gasteiger partial charge is 0.327 e. The van der Waals surface area contributed by atoms with E-state index in [9.17, 15) is 26.0 Å². The van der Waals surface area contributed by atoms with Crippen LogP contribution >= 0.6 is 0 Å². The summed E-state index contributed by atoms with van der Waals surface area (Å²) in [6.07, 6.45) is -1.43. The topological polar surface area (TPSA) is 43.4 Å². The molecule has 0 spiro atoms. The lowest BCUT2D eigenvalue weighted by atomic mass is 10.1. The van der Waals surface area contributed by atoms with E-state index in [0.29, 0.717) is 6.42 Å². The van der Waals surface area contributed by atoms with Gasteiger partial charge in [-0.15, -0.1) is 0 Å². The highest BCUT2D eigenvalue weighted by Gasteiger charge is 2.66. The SMILES string of the molecule is CCCCCCCCS(=O)(=O)C(F)(OCCC)C(F)(F)F. The Hall–Kier alpha value is -0.370. The van der Waals surface area contributed by atoms with Crippen LogP contribution in [-0.2, 0) is 14.6 Å². The van der Waals surface area contributed by atoms with Gasteiger partial charge in [-0.25, -0.2) is 8.42 Å². The van der Waals surface area contributed by atoms with Gasteiger partial charge < -0.3 is 4.74 Å². The summed E-state index contributed by atoms with van der Waals surface area (Å²) in [4.78, 5) is 0. The molecular formula is C13H24F4O3S. The van der Waals surface area contributed by atoms with Crippen LogP contribution in [-0.4, -0.2) is 32.1 Å². The van der Waals surface area contributed by atoms with Gasteiger partial charge in [-0.2, -0.15) is 17.6 Å². The molecular weight excluding hydrogens is 312 g/mol. The molecule has 8 heteroatoms. The second kappa shape index (κ2) is 8.92. The first-order chi connectivity index (χ1) is 9.62. The molecule has 0 saturated heterocycles. The lowest BCUT2D eigenvalue weighted by molar-refractivity contribution is -0.289. The van der Waals surface area contributed by atoms with Crippen LogP contribution in [0.5, 0.6) is 0 Å². The van der Waals surface area contributed by atoms with Crippen molar-refractivity contribution in [3.8, 4) is 0 Å². The molecule has 0 aromatic carbocycles. The molecule has 0 aliphatic rings. The van der Waals surface area contributed by atoms with Crippen molar-refractivity contribution in [1.29, 1.82) is 0 Å². The lowest BCUT2D eigenvalue weighted by Gasteiger charge is -2.27. The van der Waals surface area contributed by atoms with Crippen LogP contribution in [0.3, 0.4) is 0 Å². The summed E-state index contributed by atoms with van der Waals surface area (Å²) in [5.74, 6) is -0.862. The fraction of sp³-hybridized carbons (Fsp3) is 1.00. The average Bonchev–Trinajstić information content (AvgIpc) is 2.38. The summed E-state index contributed by atoms with van der Waals surface area (Å²) in [6.45, 7) is 2.87. The van der Waals surface area contributed by atoms with Gasteiger partial charge in [0.1, 0.15) is 0 Å². The Kier molecular flexibility index (Phi) is 8.77. The number of unbranched alkanes of at least 4 members (excludes halogenated alkanes) is 5. The van der Waals surface area contributed by atoms with Crippen LogP contribution in [0.4, 0.5) is 17.6 Å². The van der Waals surface area contributed by atoms with E-state index in [2.05, 4.69) is 4.74 Å². The number of rotatable bonds is 11. The minimum absolute atomic E-state index is 0.00326. The number of sulfone groups is 1. The predicted molar refractivity (Wildman–Crippen MR) is 73.3 cm³/mol. The van der Waals surface area contributed by atoms with Crippen LogP contribution in [0.15, 0.2) is 0 Å². The zero-order valence-electron chi connectivity index (χ0n) is 12.5. The molecule has 128 valence electrons. The van der Waals surface area contributed by atoms with Crippen LogP contribution in [0.2, 0.25) is 0 Å². The Labute approximate surface area is 124 Å². The van der Waals surface area contributed by atoms with Crippen molar-refractivity contribution in [3.05, 3.63) is 0 Å². The largest absolute Gasteiger partial charge is 0.464 e. The van der Waals surface area contributed by atoms with Gasteiger partial charge >= 0.3 is 11.4 Å². The van der Waals surface area contributed by atoms with E-state index in [1.807, 2.05) is 6.92 Å². The predicted octanol–water partition coefficient (Wildman–Crippen LogP) is 4.37. The van der Waals surface area contributed by atoms with E-state index in [1.54, 1.807) is 0 Å². The third-order valence-electron chi connectivity index (χ3n) is 3.00. The molecule has 0 amide bonds. The summed E-state index contributed by atoms with van der Waals surface area (Å²) >= 11 is 0. The van der Waals surface area contributed by atoms with Crippen molar-refractivity contribution < 1.29 is 30.7 Å². The molecule has 1 atom stereocenters. The number of hydrogen-bond donors (Lipinski definition) is 0. The third-order valence-corrected chi connectivity index (χ3v) is 4.97. The normalized spacial score (nSPS) is 15.9. The minimum atomic E-state index is -5.59. The monoisotopic (exact) mass is 336 g/mol. The summed E-state index contributed by atoms with van der Waals surface area (Å²) in [5.41, 5.74) is 0. The molecule has 0 aliphatic heterocycles. The maximum absolute atomic E-state index is 14.0. The zero-order chi connectivity index (χ0) is 16.6. The molecule has 3 nitrogen and oxygen atoms in total. The first-order valence-electron chi connectivity index (χ1n) is 7.24. The minimum Gasteiger partial charge on any atom is -0.327 e. The van der Waals surface area contributed by atoms with Crippen LogP contribution < -0.4 is 0 Å². The first kappa shape index (κ1) is 20.6. The molecule has 0 radical (unpaired) electrons. The highest BCUT2D eigenvalue weighted by molar-refractivity contribution is 7.92. The van der Waals surface area contributed by atoms with Gasteiger partial charge in [-0.1, -0.05) is 46.0 Å². The highest BCUT2D eigenvalue weighted by Crippen LogP contribution is 2.40. The van der Waals surface area contributed by atoms with E-state index in [0.717, 1.165) is 25.7 Å². The molecule has 0 aromatic rings. The maximum atomic E-state index is 14.0. The third kappa shape index (κ3) is 6.10. The summed E-state index contributed by atoms with van der Waals surface area (Å²) in [7, 11) is -5.06. The fourth-order valence-electron chi connectivity index (χ4n) is 1.78. The van der Waals surface area contributed by atoms with Crippen molar-refractivity contribution in [3.63, 3.8) is 0 Å². The van der Waals surface area contributed by atoms with Gasteiger partial charge in [0.15, 0.2) is 0 Å². The molecule has 0 heterocycles. The number of ether oxygens (including phenoxy) is 1. The molecule has 0 fully saturated rings.